The molecule has 0 fully saturated rings. The minimum absolute atomic E-state index is 0.0748. The second-order valence-electron chi connectivity index (χ2n) is 5.34. The van der Waals surface area contributed by atoms with Gasteiger partial charge < -0.3 is 14.0 Å². The Balaban J connectivity index is 1.69. The molecule has 0 N–H and O–H groups in total. The van der Waals surface area contributed by atoms with Crippen LogP contribution in [0.15, 0.2) is 73.8 Å². The zero-order chi connectivity index (χ0) is 18.6. The summed E-state index contributed by atoms with van der Waals surface area (Å²) in [5, 5.41) is 0. The van der Waals surface area contributed by atoms with Crippen molar-refractivity contribution in [3.05, 3.63) is 85.0 Å². The highest BCUT2D eigenvalue weighted by Gasteiger charge is 2.30. The summed E-state index contributed by atoms with van der Waals surface area (Å²) in [5.74, 6) is 0.573. The van der Waals surface area contributed by atoms with E-state index in [4.69, 9.17) is 9.47 Å². The van der Waals surface area contributed by atoms with Crippen LogP contribution >= 0.6 is 0 Å². The number of imidazole rings is 1. The van der Waals surface area contributed by atoms with Gasteiger partial charge in [0, 0.05) is 18.0 Å². The number of nitrogens with zero attached hydrogens (tertiary/aromatic N) is 2. The van der Waals surface area contributed by atoms with E-state index in [1.54, 1.807) is 35.4 Å². The standard InChI is InChI=1S/C19H15F3N2O2/c1-14(24-10-9-23-12-24)17-7-2-3-8-18(17)26-13-25-16-6-4-5-15(11-16)19(20,21)22/h2-12H,1,13H2. The van der Waals surface area contributed by atoms with Gasteiger partial charge in [-0.15, -0.1) is 0 Å². The van der Waals surface area contributed by atoms with Gasteiger partial charge in [0.1, 0.15) is 11.5 Å². The van der Waals surface area contributed by atoms with Crippen molar-refractivity contribution >= 4 is 5.70 Å². The van der Waals surface area contributed by atoms with E-state index in [0.29, 0.717) is 11.4 Å². The molecule has 0 saturated heterocycles. The smallest absolute Gasteiger partial charge is 0.416 e. The van der Waals surface area contributed by atoms with Gasteiger partial charge in [-0.05, 0) is 30.3 Å². The second kappa shape index (κ2) is 7.35. The third kappa shape index (κ3) is 4.05. The van der Waals surface area contributed by atoms with Crippen LogP contribution in [0.2, 0.25) is 0 Å². The Hall–Kier alpha value is -3.22. The molecule has 3 aromatic rings. The van der Waals surface area contributed by atoms with Gasteiger partial charge in [-0.3, -0.25) is 0 Å². The van der Waals surface area contributed by atoms with Crippen LogP contribution in [0.1, 0.15) is 11.1 Å². The highest BCUT2D eigenvalue weighted by molar-refractivity contribution is 5.68. The largest absolute Gasteiger partial charge is 0.457 e. The van der Waals surface area contributed by atoms with Crippen molar-refractivity contribution in [2.75, 3.05) is 6.79 Å². The number of ether oxygens (including phenoxy) is 2. The monoisotopic (exact) mass is 360 g/mol. The molecular formula is C19H15F3N2O2. The Kier molecular flexibility index (Phi) is 4.97. The molecule has 0 atom stereocenters. The van der Waals surface area contributed by atoms with Crippen LogP contribution in [0.4, 0.5) is 13.2 Å². The normalized spacial score (nSPS) is 11.2. The summed E-state index contributed by atoms with van der Waals surface area (Å²) in [6.07, 6.45) is 0.567. The first-order chi connectivity index (χ1) is 12.4. The average molecular weight is 360 g/mol. The first-order valence-corrected chi connectivity index (χ1v) is 7.64. The van der Waals surface area contributed by atoms with Crippen LogP contribution in [0.5, 0.6) is 11.5 Å². The molecule has 0 unspecified atom stereocenters. The molecule has 134 valence electrons. The predicted molar refractivity (Wildman–Crippen MR) is 90.7 cm³/mol. The van der Waals surface area contributed by atoms with Gasteiger partial charge in [-0.2, -0.15) is 13.2 Å². The zero-order valence-corrected chi connectivity index (χ0v) is 13.6. The number of halogens is 3. The Morgan fingerprint density at radius 3 is 2.62 bits per heavy atom. The number of aromatic nitrogens is 2. The predicted octanol–water partition coefficient (Wildman–Crippen LogP) is 4.84. The summed E-state index contributed by atoms with van der Waals surface area (Å²) in [6.45, 7) is 3.77. The SMILES string of the molecule is C=C(c1ccccc1OCOc1cccc(C(F)(F)F)c1)n1ccnc1. The van der Waals surface area contributed by atoms with Crippen LogP contribution in [0.25, 0.3) is 5.70 Å². The fourth-order valence-electron chi connectivity index (χ4n) is 2.31. The lowest BCUT2D eigenvalue weighted by Gasteiger charge is -2.15. The number of hydrogen-bond donors (Lipinski definition) is 0. The summed E-state index contributed by atoms with van der Waals surface area (Å²) in [5.41, 5.74) is 0.596. The quantitative estimate of drug-likeness (QED) is 0.591. The van der Waals surface area contributed by atoms with Crippen molar-refractivity contribution in [1.29, 1.82) is 0 Å². The maximum absolute atomic E-state index is 12.7. The minimum atomic E-state index is -4.42. The van der Waals surface area contributed by atoms with Crippen LogP contribution in [-0.4, -0.2) is 16.3 Å². The lowest BCUT2D eigenvalue weighted by molar-refractivity contribution is -0.137. The third-order valence-electron chi connectivity index (χ3n) is 3.62. The number of benzene rings is 2. The molecule has 0 amide bonds. The molecule has 4 nitrogen and oxygen atoms in total. The van der Waals surface area contributed by atoms with E-state index < -0.39 is 11.7 Å². The molecule has 0 aliphatic carbocycles. The molecule has 1 heterocycles. The molecule has 3 rings (SSSR count). The van der Waals surface area contributed by atoms with E-state index in [1.165, 1.54) is 12.1 Å². The maximum atomic E-state index is 12.7. The summed E-state index contributed by atoms with van der Waals surface area (Å²) in [7, 11) is 0. The van der Waals surface area contributed by atoms with Crippen LogP contribution in [-0.2, 0) is 6.18 Å². The van der Waals surface area contributed by atoms with Gasteiger partial charge in [0.05, 0.1) is 17.6 Å². The van der Waals surface area contributed by atoms with Crippen LogP contribution in [0, 0.1) is 0 Å². The number of para-hydroxylation sites is 1. The Bertz CT molecular complexity index is 890. The van der Waals surface area contributed by atoms with Gasteiger partial charge in [-0.1, -0.05) is 24.8 Å². The van der Waals surface area contributed by atoms with Crippen LogP contribution in [0.3, 0.4) is 0 Å². The van der Waals surface area contributed by atoms with Gasteiger partial charge >= 0.3 is 6.18 Å². The highest BCUT2D eigenvalue weighted by Crippen LogP contribution is 2.31. The maximum Gasteiger partial charge on any atom is 0.416 e. The van der Waals surface area contributed by atoms with Gasteiger partial charge in [0.15, 0.2) is 0 Å². The molecular weight excluding hydrogens is 345 g/mol. The van der Waals surface area contributed by atoms with E-state index in [2.05, 4.69) is 11.6 Å². The summed E-state index contributed by atoms with van der Waals surface area (Å²) < 4.78 is 50.8. The van der Waals surface area contributed by atoms with Gasteiger partial charge in [0.25, 0.3) is 0 Å². The Labute approximate surface area is 148 Å². The molecule has 0 aliphatic heterocycles. The zero-order valence-electron chi connectivity index (χ0n) is 13.6. The molecule has 0 bridgehead atoms. The van der Waals surface area contributed by atoms with Crippen molar-refractivity contribution < 1.29 is 22.6 Å². The number of rotatable bonds is 6. The van der Waals surface area contributed by atoms with Gasteiger partial charge in [0.2, 0.25) is 6.79 Å². The Morgan fingerprint density at radius 1 is 1.08 bits per heavy atom. The molecule has 1 aromatic heterocycles. The lowest BCUT2D eigenvalue weighted by atomic mass is 10.1. The minimum Gasteiger partial charge on any atom is -0.457 e. The van der Waals surface area contributed by atoms with E-state index in [0.717, 1.165) is 17.7 Å². The van der Waals surface area contributed by atoms with E-state index in [-0.39, 0.29) is 12.5 Å². The molecule has 7 heteroatoms. The van der Waals surface area contributed by atoms with Crippen molar-refractivity contribution in [2.45, 2.75) is 6.18 Å². The first kappa shape index (κ1) is 17.6. The van der Waals surface area contributed by atoms with E-state index >= 15 is 0 Å². The number of alkyl halides is 3. The topological polar surface area (TPSA) is 36.3 Å². The molecule has 0 spiro atoms. The third-order valence-corrected chi connectivity index (χ3v) is 3.62. The van der Waals surface area contributed by atoms with Crippen molar-refractivity contribution in [2.24, 2.45) is 0 Å². The molecule has 0 radical (unpaired) electrons. The lowest BCUT2D eigenvalue weighted by Crippen LogP contribution is -2.09. The molecule has 2 aromatic carbocycles. The fraction of sp³-hybridized carbons (Fsp3) is 0.105. The van der Waals surface area contributed by atoms with E-state index in [9.17, 15) is 13.2 Å². The summed E-state index contributed by atoms with van der Waals surface area (Å²) >= 11 is 0. The molecule has 26 heavy (non-hydrogen) atoms. The Morgan fingerprint density at radius 2 is 1.88 bits per heavy atom. The summed E-state index contributed by atoms with van der Waals surface area (Å²) in [6, 6.07) is 11.8. The van der Waals surface area contributed by atoms with Crippen molar-refractivity contribution in [3.8, 4) is 11.5 Å². The second-order valence-corrected chi connectivity index (χ2v) is 5.34. The molecule has 0 aliphatic rings. The van der Waals surface area contributed by atoms with Crippen LogP contribution < -0.4 is 9.47 Å². The van der Waals surface area contributed by atoms with Crippen molar-refractivity contribution in [1.82, 2.24) is 9.55 Å². The summed E-state index contributed by atoms with van der Waals surface area (Å²) in [4.78, 5) is 3.97. The number of hydrogen-bond acceptors (Lipinski definition) is 3. The van der Waals surface area contributed by atoms with E-state index in [1.807, 2.05) is 12.1 Å². The van der Waals surface area contributed by atoms with Crippen molar-refractivity contribution in [3.63, 3.8) is 0 Å². The highest BCUT2D eigenvalue weighted by atomic mass is 19.4. The fourth-order valence-corrected chi connectivity index (χ4v) is 2.31. The first-order valence-electron chi connectivity index (χ1n) is 7.64. The van der Waals surface area contributed by atoms with Gasteiger partial charge in [-0.25, -0.2) is 4.98 Å². The average Bonchev–Trinajstić information content (AvgIpc) is 3.16. The molecule has 0 saturated carbocycles.